The van der Waals surface area contributed by atoms with Crippen LogP contribution in [0.2, 0.25) is 5.02 Å². The molecule has 4 heteroatoms. The maximum absolute atomic E-state index is 11.0. The van der Waals surface area contributed by atoms with Gasteiger partial charge < -0.3 is 9.84 Å². The first-order valence-corrected chi connectivity index (χ1v) is 6.08. The van der Waals surface area contributed by atoms with Gasteiger partial charge in [0, 0.05) is 0 Å². The van der Waals surface area contributed by atoms with Gasteiger partial charge in [0.1, 0.15) is 5.75 Å². The van der Waals surface area contributed by atoms with Gasteiger partial charge in [0.15, 0.2) is 6.10 Å². The van der Waals surface area contributed by atoms with Crippen LogP contribution < -0.4 is 4.74 Å². The summed E-state index contributed by atoms with van der Waals surface area (Å²) in [5.74, 6) is -0.518. The van der Waals surface area contributed by atoms with Crippen LogP contribution in [-0.2, 0) is 4.79 Å². The van der Waals surface area contributed by atoms with Gasteiger partial charge in [0.2, 0.25) is 0 Å². The van der Waals surface area contributed by atoms with E-state index in [1.54, 1.807) is 12.1 Å². The van der Waals surface area contributed by atoms with E-state index in [1.807, 2.05) is 19.9 Å². The zero-order valence-electron chi connectivity index (χ0n) is 10.1. The average molecular weight is 257 g/mol. The first kappa shape index (κ1) is 13.8. The van der Waals surface area contributed by atoms with Crippen LogP contribution in [0.5, 0.6) is 5.75 Å². The normalized spacial score (nSPS) is 12.2. The van der Waals surface area contributed by atoms with Gasteiger partial charge in [-0.1, -0.05) is 31.0 Å². The van der Waals surface area contributed by atoms with Gasteiger partial charge in [0.05, 0.1) is 5.02 Å². The molecule has 0 heterocycles. The lowest BCUT2D eigenvalue weighted by Gasteiger charge is -2.15. The minimum Gasteiger partial charge on any atom is -0.479 e. The summed E-state index contributed by atoms with van der Waals surface area (Å²) in [5.41, 5.74) is 1.02. The highest BCUT2D eigenvalue weighted by Gasteiger charge is 2.19. The molecule has 0 amide bonds. The van der Waals surface area contributed by atoms with Crippen LogP contribution >= 0.6 is 11.6 Å². The van der Waals surface area contributed by atoms with Gasteiger partial charge in [-0.2, -0.15) is 0 Å². The Morgan fingerprint density at radius 1 is 1.53 bits per heavy atom. The topological polar surface area (TPSA) is 46.5 Å². The van der Waals surface area contributed by atoms with Crippen molar-refractivity contribution in [3.63, 3.8) is 0 Å². The molecule has 0 aliphatic heterocycles. The molecule has 0 bridgehead atoms. The molecule has 0 saturated heterocycles. The predicted octanol–water partition coefficient (Wildman–Crippen LogP) is 3.67. The molecule has 0 aromatic heterocycles. The average Bonchev–Trinajstić information content (AvgIpc) is 2.26. The van der Waals surface area contributed by atoms with E-state index in [4.69, 9.17) is 21.4 Å². The van der Waals surface area contributed by atoms with Crippen molar-refractivity contribution in [2.45, 2.75) is 39.2 Å². The summed E-state index contributed by atoms with van der Waals surface area (Å²) in [6.45, 7) is 3.93. The van der Waals surface area contributed by atoms with Gasteiger partial charge in [-0.25, -0.2) is 4.79 Å². The number of carboxylic acid groups (broad SMARTS) is 1. The molecular formula is C13H17ClO3. The number of carboxylic acids is 1. The molecule has 94 valence electrons. The number of benzene rings is 1. The Hall–Kier alpha value is -1.22. The fraction of sp³-hybridized carbons (Fsp3) is 0.462. The lowest BCUT2D eigenvalue weighted by atomic mass is 10.1. The van der Waals surface area contributed by atoms with E-state index < -0.39 is 12.1 Å². The molecule has 0 saturated carbocycles. The third-order valence-electron chi connectivity index (χ3n) is 2.45. The molecule has 0 radical (unpaired) electrons. The van der Waals surface area contributed by atoms with Crippen LogP contribution in [0.15, 0.2) is 18.2 Å². The van der Waals surface area contributed by atoms with Crippen LogP contribution in [0.3, 0.4) is 0 Å². The van der Waals surface area contributed by atoms with Crippen LogP contribution in [0.1, 0.15) is 31.7 Å². The predicted molar refractivity (Wildman–Crippen MR) is 67.8 cm³/mol. The van der Waals surface area contributed by atoms with Crippen LogP contribution in [-0.4, -0.2) is 17.2 Å². The van der Waals surface area contributed by atoms with Crippen molar-refractivity contribution in [3.8, 4) is 5.75 Å². The van der Waals surface area contributed by atoms with Crippen molar-refractivity contribution in [1.29, 1.82) is 0 Å². The van der Waals surface area contributed by atoms with Gasteiger partial charge in [0.25, 0.3) is 0 Å². The highest BCUT2D eigenvalue weighted by Crippen LogP contribution is 2.27. The molecule has 1 atom stereocenters. The van der Waals surface area contributed by atoms with E-state index in [0.29, 0.717) is 17.2 Å². The number of unbranched alkanes of at least 4 members (excludes halogenated alkanes) is 1. The number of hydrogen-bond acceptors (Lipinski definition) is 2. The van der Waals surface area contributed by atoms with Crippen molar-refractivity contribution in [3.05, 3.63) is 28.8 Å². The number of aliphatic carboxylic acids is 1. The molecular weight excluding hydrogens is 240 g/mol. The second-order valence-corrected chi connectivity index (χ2v) is 4.43. The SMILES string of the molecule is CCCCC(Oc1ccc(C)cc1Cl)C(=O)O. The molecule has 1 N–H and O–H groups in total. The van der Waals surface area contributed by atoms with Crippen LogP contribution in [0.4, 0.5) is 0 Å². The zero-order valence-corrected chi connectivity index (χ0v) is 10.8. The summed E-state index contributed by atoms with van der Waals surface area (Å²) >= 11 is 5.99. The number of hydrogen-bond donors (Lipinski definition) is 1. The zero-order chi connectivity index (χ0) is 12.8. The quantitative estimate of drug-likeness (QED) is 0.845. The second kappa shape index (κ2) is 6.50. The minimum atomic E-state index is -0.949. The Bertz CT molecular complexity index is 390. The maximum atomic E-state index is 11.0. The van der Waals surface area contributed by atoms with Crippen LogP contribution in [0, 0.1) is 6.92 Å². The lowest BCUT2D eigenvalue weighted by molar-refractivity contribution is -0.145. The monoisotopic (exact) mass is 256 g/mol. The Kier molecular flexibility index (Phi) is 5.29. The van der Waals surface area contributed by atoms with Crippen molar-refractivity contribution in [1.82, 2.24) is 0 Å². The third-order valence-corrected chi connectivity index (χ3v) is 2.75. The summed E-state index contributed by atoms with van der Waals surface area (Å²) in [4.78, 5) is 11.0. The van der Waals surface area contributed by atoms with E-state index in [9.17, 15) is 4.79 Å². The van der Waals surface area contributed by atoms with E-state index in [-0.39, 0.29) is 0 Å². The van der Waals surface area contributed by atoms with E-state index >= 15 is 0 Å². The Morgan fingerprint density at radius 2 is 2.24 bits per heavy atom. The second-order valence-electron chi connectivity index (χ2n) is 4.02. The summed E-state index contributed by atoms with van der Waals surface area (Å²) < 4.78 is 5.43. The third kappa shape index (κ3) is 4.27. The Labute approximate surface area is 106 Å². The molecule has 1 aromatic rings. The van der Waals surface area contributed by atoms with Crippen LogP contribution in [0.25, 0.3) is 0 Å². The molecule has 0 aliphatic rings. The van der Waals surface area contributed by atoms with Crippen molar-refractivity contribution in [2.24, 2.45) is 0 Å². The largest absolute Gasteiger partial charge is 0.479 e. The summed E-state index contributed by atoms with van der Waals surface area (Å²) in [7, 11) is 0. The summed E-state index contributed by atoms with van der Waals surface area (Å²) in [5, 5.41) is 9.49. The lowest BCUT2D eigenvalue weighted by Crippen LogP contribution is -2.27. The first-order chi connectivity index (χ1) is 8.04. The standard InChI is InChI=1S/C13H17ClO3/c1-3-4-5-12(13(15)16)17-11-7-6-9(2)8-10(11)14/h6-8,12H,3-5H2,1-2H3,(H,15,16). The highest BCUT2D eigenvalue weighted by molar-refractivity contribution is 6.32. The number of aryl methyl sites for hydroxylation is 1. The molecule has 1 unspecified atom stereocenters. The molecule has 3 nitrogen and oxygen atoms in total. The highest BCUT2D eigenvalue weighted by atomic mass is 35.5. The number of halogens is 1. The van der Waals surface area contributed by atoms with E-state index in [0.717, 1.165) is 18.4 Å². The van der Waals surface area contributed by atoms with Gasteiger partial charge in [-0.05, 0) is 37.5 Å². The maximum Gasteiger partial charge on any atom is 0.344 e. The molecule has 0 spiro atoms. The van der Waals surface area contributed by atoms with E-state index in [2.05, 4.69) is 0 Å². The van der Waals surface area contributed by atoms with Crippen molar-refractivity contribution < 1.29 is 14.6 Å². The summed E-state index contributed by atoms with van der Waals surface area (Å²) in [6.07, 6.45) is 1.43. The van der Waals surface area contributed by atoms with Gasteiger partial charge >= 0.3 is 5.97 Å². The number of ether oxygens (including phenoxy) is 1. The Balaban J connectivity index is 2.75. The molecule has 0 aliphatic carbocycles. The smallest absolute Gasteiger partial charge is 0.344 e. The molecule has 1 rings (SSSR count). The van der Waals surface area contributed by atoms with Gasteiger partial charge in [-0.15, -0.1) is 0 Å². The van der Waals surface area contributed by atoms with Crippen molar-refractivity contribution >= 4 is 17.6 Å². The summed E-state index contributed by atoms with van der Waals surface area (Å²) in [6, 6.07) is 5.31. The fourth-order valence-corrected chi connectivity index (χ4v) is 1.76. The molecule has 17 heavy (non-hydrogen) atoms. The first-order valence-electron chi connectivity index (χ1n) is 5.70. The fourth-order valence-electron chi connectivity index (χ4n) is 1.48. The van der Waals surface area contributed by atoms with Gasteiger partial charge in [-0.3, -0.25) is 0 Å². The number of carbonyl (C=O) groups is 1. The number of rotatable bonds is 6. The van der Waals surface area contributed by atoms with Crippen molar-refractivity contribution in [2.75, 3.05) is 0 Å². The minimum absolute atomic E-state index is 0.431. The molecule has 0 fully saturated rings. The molecule has 1 aromatic carbocycles. The van der Waals surface area contributed by atoms with E-state index in [1.165, 1.54) is 0 Å². The Morgan fingerprint density at radius 3 is 2.76 bits per heavy atom.